The lowest BCUT2D eigenvalue weighted by molar-refractivity contribution is -0.384. The van der Waals surface area contributed by atoms with Crippen LogP contribution in [0.15, 0.2) is 42.5 Å². The molecule has 0 aromatic heterocycles. The third kappa shape index (κ3) is 3.76. The van der Waals surface area contributed by atoms with Gasteiger partial charge >= 0.3 is 6.36 Å². The van der Waals surface area contributed by atoms with Crippen LogP contribution < -0.4 is 9.64 Å². The van der Waals surface area contributed by atoms with Crippen molar-refractivity contribution >= 4 is 17.3 Å². The van der Waals surface area contributed by atoms with E-state index in [9.17, 15) is 28.1 Å². The summed E-state index contributed by atoms with van der Waals surface area (Å²) in [7, 11) is 0. The van der Waals surface area contributed by atoms with Crippen LogP contribution in [0, 0.1) is 10.1 Å². The minimum atomic E-state index is -4.78. The first-order valence-corrected chi connectivity index (χ1v) is 7.69. The molecule has 1 aliphatic heterocycles. The number of halogens is 3. The lowest BCUT2D eigenvalue weighted by Crippen LogP contribution is -2.35. The summed E-state index contributed by atoms with van der Waals surface area (Å²) in [4.78, 5) is 24.3. The number of benzene rings is 2. The van der Waals surface area contributed by atoms with Crippen LogP contribution in [-0.2, 0) is 6.42 Å². The topological polar surface area (TPSA) is 72.7 Å². The van der Waals surface area contributed by atoms with Crippen molar-refractivity contribution in [2.75, 3.05) is 11.4 Å². The fourth-order valence-electron chi connectivity index (χ4n) is 2.86. The maximum Gasteiger partial charge on any atom is 0.573 e. The Bertz CT molecular complexity index is 850. The molecule has 6 nitrogen and oxygen atoms in total. The standard InChI is InChI=1S/C17H13F3N2O4/c18-17(19,20)26-14-7-8-15-12(10-14)2-1-9-21(15)16(23)11-3-5-13(6-4-11)22(24)25/h3-8,10H,1-2,9H2. The Labute approximate surface area is 145 Å². The van der Waals surface area contributed by atoms with Gasteiger partial charge in [0.1, 0.15) is 5.75 Å². The highest BCUT2D eigenvalue weighted by Gasteiger charge is 2.32. The Balaban J connectivity index is 1.86. The van der Waals surface area contributed by atoms with Gasteiger partial charge in [-0.05, 0) is 48.7 Å². The number of alkyl halides is 3. The number of carbonyl (C=O) groups is 1. The maximum absolute atomic E-state index is 12.7. The van der Waals surface area contributed by atoms with Gasteiger partial charge in [-0.25, -0.2) is 0 Å². The first kappa shape index (κ1) is 17.7. The predicted octanol–water partition coefficient (Wildman–Crippen LogP) is 4.09. The first-order chi connectivity index (χ1) is 12.2. The monoisotopic (exact) mass is 366 g/mol. The lowest BCUT2D eigenvalue weighted by Gasteiger charge is -2.30. The number of aryl methyl sites for hydroxylation is 1. The highest BCUT2D eigenvalue weighted by molar-refractivity contribution is 6.06. The zero-order chi connectivity index (χ0) is 18.9. The number of hydrogen-bond acceptors (Lipinski definition) is 4. The van der Waals surface area contributed by atoms with Crippen LogP contribution in [-0.4, -0.2) is 23.7 Å². The summed E-state index contributed by atoms with van der Waals surface area (Å²) >= 11 is 0. The van der Waals surface area contributed by atoms with Crippen LogP contribution >= 0.6 is 0 Å². The number of nitro benzene ring substituents is 1. The zero-order valence-corrected chi connectivity index (χ0v) is 13.3. The van der Waals surface area contributed by atoms with Crippen molar-refractivity contribution in [2.45, 2.75) is 19.2 Å². The van der Waals surface area contributed by atoms with Crippen molar-refractivity contribution in [3.05, 3.63) is 63.7 Å². The SMILES string of the molecule is O=C(c1ccc([N+](=O)[O-])cc1)N1CCCc2cc(OC(F)(F)F)ccc21. The molecule has 26 heavy (non-hydrogen) atoms. The third-order valence-electron chi connectivity index (χ3n) is 3.97. The normalized spacial score (nSPS) is 13.9. The minimum Gasteiger partial charge on any atom is -0.406 e. The highest BCUT2D eigenvalue weighted by Crippen LogP contribution is 2.33. The minimum absolute atomic E-state index is 0.130. The fourth-order valence-corrected chi connectivity index (χ4v) is 2.86. The van der Waals surface area contributed by atoms with E-state index in [-0.39, 0.29) is 22.9 Å². The number of anilines is 1. The van der Waals surface area contributed by atoms with Crippen LogP contribution in [0.2, 0.25) is 0 Å². The van der Waals surface area contributed by atoms with Gasteiger partial charge in [-0.2, -0.15) is 0 Å². The number of amides is 1. The molecule has 1 aliphatic rings. The Kier molecular flexibility index (Phi) is 4.54. The van der Waals surface area contributed by atoms with Gasteiger partial charge in [-0.1, -0.05) is 0 Å². The summed E-state index contributed by atoms with van der Waals surface area (Å²) in [5, 5.41) is 10.7. The second-order valence-electron chi connectivity index (χ2n) is 5.70. The van der Waals surface area contributed by atoms with Gasteiger partial charge in [0.25, 0.3) is 11.6 Å². The summed E-state index contributed by atoms with van der Waals surface area (Å²) in [5.74, 6) is -0.703. The Hall–Kier alpha value is -3.10. The van der Waals surface area contributed by atoms with Crippen LogP contribution in [0.1, 0.15) is 22.3 Å². The summed E-state index contributed by atoms with van der Waals surface area (Å²) in [6.45, 7) is 0.405. The van der Waals surface area contributed by atoms with Crippen molar-refractivity contribution in [3.8, 4) is 5.75 Å². The van der Waals surface area contributed by atoms with E-state index in [1.54, 1.807) is 0 Å². The maximum atomic E-state index is 12.7. The molecule has 3 rings (SSSR count). The van der Waals surface area contributed by atoms with E-state index in [2.05, 4.69) is 4.74 Å². The second-order valence-corrected chi connectivity index (χ2v) is 5.70. The molecule has 0 fully saturated rings. The summed E-state index contributed by atoms with van der Waals surface area (Å²) in [6, 6.07) is 9.03. The van der Waals surface area contributed by atoms with E-state index in [1.165, 1.54) is 41.3 Å². The molecule has 9 heteroatoms. The molecule has 0 N–H and O–H groups in total. The van der Waals surface area contributed by atoms with Crippen LogP contribution in [0.5, 0.6) is 5.75 Å². The Morgan fingerprint density at radius 2 is 1.85 bits per heavy atom. The van der Waals surface area contributed by atoms with Crippen molar-refractivity contribution in [3.63, 3.8) is 0 Å². The molecule has 2 aromatic carbocycles. The van der Waals surface area contributed by atoms with Crippen LogP contribution in [0.4, 0.5) is 24.5 Å². The van der Waals surface area contributed by atoms with Crippen molar-refractivity contribution in [1.82, 2.24) is 0 Å². The summed E-state index contributed by atoms with van der Waals surface area (Å²) < 4.78 is 41.0. The van der Waals surface area contributed by atoms with Gasteiger partial charge in [-0.3, -0.25) is 14.9 Å². The summed E-state index contributed by atoms with van der Waals surface area (Å²) in [5.41, 5.74) is 1.22. The third-order valence-corrected chi connectivity index (χ3v) is 3.97. The molecule has 0 aliphatic carbocycles. The molecule has 0 spiro atoms. The van der Waals surface area contributed by atoms with E-state index < -0.39 is 11.3 Å². The van der Waals surface area contributed by atoms with Gasteiger partial charge in [0.15, 0.2) is 0 Å². The van der Waals surface area contributed by atoms with Crippen molar-refractivity contribution in [1.29, 1.82) is 0 Å². The molecule has 0 saturated heterocycles. The predicted molar refractivity (Wildman–Crippen MR) is 86.2 cm³/mol. The average Bonchev–Trinajstić information content (AvgIpc) is 2.59. The van der Waals surface area contributed by atoms with Gasteiger partial charge < -0.3 is 9.64 Å². The molecule has 1 amide bonds. The average molecular weight is 366 g/mol. The number of nitrogens with zero attached hydrogens (tertiary/aromatic N) is 2. The smallest absolute Gasteiger partial charge is 0.406 e. The molecular formula is C17H13F3N2O4. The highest BCUT2D eigenvalue weighted by atomic mass is 19.4. The van der Waals surface area contributed by atoms with E-state index in [4.69, 9.17) is 0 Å². The van der Waals surface area contributed by atoms with E-state index in [0.717, 1.165) is 6.07 Å². The molecule has 0 radical (unpaired) electrons. The molecule has 0 atom stereocenters. The fraction of sp³-hybridized carbons (Fsp3) is 0.235. The molecule has 0 saturated carbocycles. The first-order valence-electron chi connectivity index (χ1n) is 7.69. The summed E-state index contributed by atoms with van der Waals surface area (Å²) in [6.07, 6.45) is -3.67. The molecular weight excluding hydrogens is 353 g/mol. The number of ether oxygens (including phenoxy) is 1. The van der Waals surface area contributed by atoms with Crippen molar-refractivity contribution in [2.24, 2.45) is 0 Å². The second kappa shape index (κ2) is 6.66. The number of rotatable bonds is 3. The number of non-ortho nitro benzene ring substituents is 1. The quantitative estimate of drug-likeness (QED) is 0.606. The van der Waals surface area contributed by atoms with E-state index in [0.29, 0.717) is 30.6 Å². The van der Waals surface area contributed by atoms with E-state index in [1.807, 2.05) is 0 Å². The lowest BCUT2D eigenvalue weighted by atomic mass is 10.0. The largest absolute Gasteiger partial charge is 0.573 e. The molecule has 0 bridgehead atoms. The van der Waals surface area contributed by atoms with Gasteiger partial charge in [-0.15, -0.1) is 13.2 Å². The molecule has 136 valence electrons. The zero-order valence-electron chi connectivity index (χ0n) is 13.3. The van der Waals surface area contributed by atoms with Gasteiger partial charge in [0.05, 0.1) is 4.92 Å². The van der Waals surface area contributed by atoms with Crippen LogP contribution in [0.3, 0.4) is 0 Å². The number of hydrogen-bond donors (Lipinski definition) is 0. The molecule has 1 heterocycles. The molecule has 2 aromatic rings. The Morgan fingerprint density at radius 3 is 2.46 bits per heavy atom. The van der Waals surface area contributed by atoms with Crippen molar-refractivity contribution < 1.29 is 27.6 Å². The number of fused-ring (bicyclic) bond motifs is 1. The van der Waals surface area contributed by atoms with Crippen LogP contribution in [0.25, 0.3) is 0 Å². The van der Waals surface area contributed by atoms with Gasteiger partial charge in [0, 0.05) is 29.9 Å². The number of nitro groups is 1. The Morgan fingerprint density at radius 1 is 1.15 bits per heavy atom. The number of carbonyl (C=O) groups excluding carboxylic acids is 1. The van der Waals surface area contributed by atoms with Gasteiger partial charge in [0.2, 0.25) is 0 Å². The van der Waals surface area contributed by atoms with E-state index >= 15 is 0 Å². The molecule has 0 unspecified atom stereocenters.